The molecule has 1 aromatic heterocycles. The minimum absolute atomic E-state index is 1.25. The quantitative estimate of drug-likeness (QED) is 0.260. The largest absolute Gasteiger partial charge is 0.227 e. The number of fused-ring (bicyclic) bond motifs is 5. The maximum absolute atomic E-state index is 2.46. The molecule has 0 amide bonds. The molecule has 0 radical (unpaired) electrons. The summed E-state index contributed by atoms with van der Waals surface area (Å²) < 4.78 is 2.46. The summed E-state index contributed by atoms with van der Waals surface area (Å²) in [7, 11) is 0. The third-order valence-corrected chi connectivity index (χ3v) is 5.44. The van der Waals surface area contributed by atoms with Crippen LogP contribution in [-0.2, 0) is 0 Å². The topological polar surface area (TPSA) is 3.88 Å². The molecule has 120 valence electrons. The predicted molar refractivity (Wildman–Crippen MR) is 107 cm³/mol. The number of rotatable bonds is 1. The summed E-state index contributed by atoms with van der Waals surface area (Å²) >= 11 is 0. The van der Waals surface area contributed by atoms with E-state index in [9.17, 15) is 0 Å². The molecular weight excluding hydrogens is 314 g/mol. The van der Waals surface area contributed by atoms with Crippen LogP contribution in [0.3, 0.4) is 0 Å². The number of pyridine rings is 1. The van der Waals surface area contributed by atoms with E-state index in [1.807, 2.05) is 0 Å². The van der Waals surface area contributed by atoms with E-state index >= 15 is 0 Å². The Labute approximate surface area is 151 Å². The monoisotopic (exact) mass is 330 g/mol. The van der Waals surface area contributed by atoms with Crippen molar-refractivity contribution in [3.8, 4) is 28.1 Å². The number of benzene rings is 4. The average molecular weight is 330 g/mol. The highest BCUT2D eigenvalue weighted by Crippen LogP contribution is 2.41. The Morgan fingerprint density at radius 1 is 0.462 bits per heavy atom. The predicted octanol–water partition coefficient (Wildman–Crippen LogP) is 5.92. The maximum atomic E-state index is 2.46. The fraction of sp³-hybridized carbons (Fsp3) is 0. The van der Waals surface area contributed by atoms with E-state index in [-0.39, 0.29) is 0 Å². The van der Waals surface area contributed by atoms with Gasteiger partial charge in [-0.05, 0) is 36.4 Å². The molecule has 1 nitrogen and oxygen atoms in total. The van der Waals surface area contributed by atoms with E-state index in [1.54, 1.807) is 0 Å². The van der Waals surface area contributed by atoms with Crippen LogP contribution in [0.1, 0.15) is 0 Å². The molecule has 1 aliphatic heterocycles. The van der Waals surface area contributed by atoms with Gasteiger partial charge in [0, 0.05) is 17.0 Å². The van der Waals surface area contributed by atoms with Crippen LogP contribution >= 0.6 is 0 Å². The van der Waals surface area contributed by atoms with E-state index in [2.05, 4.69) is 102 Å². The third-order valence-electron chi connectivity index (χ3n) is 5.44. The van der Waals surface area contributed by atoms with Gasteiger partial charge < -0.3 is 0 Å². The zero-order valence-corrected chi connectivity index (χ0v) is 14.2. The minimum atomic E-state index is 1.25. The Morgan fingerprint density at radius 3 is 2.00 bits per heavy atom. The lowest BCUT2D eigenvalue weighted by molar-refractivity contribution is -0.549. The highest BCUT2D eigenvalue weighted by atomic mass is 15.0. The van der Waals surface area contributed by atoms with Crippen molar-refractivity contribution < 1.29 is 4.57 Å². The number of hydrogen-bond donors (Lipinski definition) is 0. The summed E-state index contributed by atoms with van der Waals surface area (Å²) in [6.45, 7) is 0. The second kappa shape index (κ2) is 5.03. The van der Waals surface area contributed by atoms with Crippen molar-refractivity contribution in [1.29, 1.82) is 0 Å². The number of aromatic nitrogens is 1. The van der Waals surface area contributed by atoms with Crippen molar-refractivity contribution in [2.24, 2.45) is 0 Å². The van der Waals surface area contributed by atoms with Crippen LogP contribution in [0.4, 0.5) is 0 Å². The fourth-order valence-electron chi connectivity index (χ4n) is 4.39. The van der Waals surface area contributed by atoms with Crippen LogP contribution in [0.15, 0.2) is 97.1 Å². The molecule has 0 fully saturated rings. The van der Waals surface area contributed by atoms with Gasteiger partial charge in [-0.2, -0.15) is 4.57 Å². The zero-order chi connectivity index (χ0) is 17.1. The molecule has 0 N–H and O–H groups in total. The molecular formula is C25H16N+. The highest BCUT2D eigenvalue weighted by Gasteiger charge is 2.34. The van der Waals surface area contributed by atoms with Gasteiger partial charge in [0.15, 0.2) is 0 Å². The number of para-hydroxylation sites is 2. The Balaban J connectivity index is 1.95. The molecule has 0 bridgehead atoms. The van der Waals surface area contributed by atoms with Gasteiger partial charge in [-0.25, -0.2) is 0 Å². The van der Waals surface area contributed by atoms with Crippen molar-refractivity contribution in [3.05, 3.63) is 97.1 Å². The maximum Gasteiger partial charge on any atom is 0.227 e. The zero-order valence-electron chi connectivity index (χ0n) is 14.2. The lowest BCUT2D eigenvalue weighted by Gasteiger charge is -2.09. The SMILES string of the molecule is c1ccc(-c2c3ccccc3c3cccc4c3[n+]2-c2ccccc2-4)cc1. The summed E-state index contributed by atoms with van der Waals surface area (Å²) in [5, 5.41) is 3.92. The molecule has 2 heterocycles. The summed E-state index contributed by atoms with van der Waals surface area (Å²) in [5.41, 5.74) is 7.73. The van der Waals surface area contributed by atoms with Gasteiger partial charge in [0.05, 0.1) is 21.9 Å². The second-order valence-corrected chi connectivity index (χ2v) is 6.81. The molecule has 6 rings (SSSR count). The molecule has 0 saturated heterocycles. The first-order valence-electron chi connectivity index (χ1n) is 8.98. The van der Waals surface area contributed by atoms with Crippen molar-refractivity contribution in [2.75, 3.05) is 0 Å². The molecule has 1 aliphatic rings. The molecule has 0 aliphatic carbocycles. The van der Waals surface area contributed by atoms with Gasteiger partial charge in [-0.15, -0.1) is 0 Å². The fourth-order valence-corrected chi connectivity index (χ4v) is 4.39. The standard InChI is InChI=1S/C25H16N/c1-2-9-17(10-3-1)24-20-13-5-4-11-18(20)21-14-8-15-22-19-12-6-7-16-23(19)26(24)25(21)22/h1-16H/q+1. The molecule has 26 heavy (non-hydrogen) atoms. The van der Waals surface area contributed by atoms with E-state index in [0.29, 0.717) is 0 Å². The van der Waals surface area contributed by atoms with Crippen molar-refractivity contribution >= 4 is 21.7 Å². The molecule has 0 spiro atoms. The first-order valence-corrected chi connectivity index (χ1v) is 8.98. The Morgan fingerprint density at radius 2 is 1.12 bits per heavy atom. The van der Waals surface area contributed by atoms with Crippen LogP contribution in [0.25, 0.3) is 49.7 Å². The van der Waals surface area contributed by atoms with Crippen molar-refractivity contribution in [3.63, 3.8) is 0 Å². The Bertz CT molecular complexity index is 1320. The first-order chi connectivity index (χ1) is 12.9. The molecule has 1 heteroatoms. The van der Waals surface area contributed by atoms with Crippen LogP contribution < -0.4 is 4.57 Å². The van der Waals surface area contributed by atoms with Gasteiger partial charge in [-0.3, -0.25) is 0 Å². The van der Waals surface area contributed by atoms with E-state index in [0.717, 1.165) is 0 Å². The summed E-state index contributed by atoms with van der Waals surface area (Å²) in [4.78, 5) is 0. The van der Waals surface area contributed by atoms with E-state index in [1.165, 1.54) is 49.7 Å². The highest BCUT2D eigenvalue weighted by molar-refractivity contribution is 6.13. The van der Waals surface area contributed by atoms with Crippen LogP contribution in [0.2, 0.25) is 0 Å². The first kappa shape index (κ1) is 13.8. The summed E-state index contributed by atoms with van der Waals surface area (Å²) in [5.74, 6) is 0. The normalized spacial score (nSPS) is 11.8. The van der Waals surface area contributed by atoms with Gasteiger partial charge in [0.1, 0.15) is 0 Å². The molecule has 0 unspecified atom stereocenters. The van der Waals surface area contributed by atoms with Gasteiger partial charge >= 0.3 is 0 Å². The van der Waals surface area contributed by atoms with Crippen LogP contribution in [0.5, 0.6) is 0 Å². The molecule has 5 aromatic rings. The van der Waals surface area contributed by atoms with E-state index < -0.39 is 0 Å². The van der Waals surface area contributed by atoms with Gasteiger partial charge in [-0.1, -0.05) is 54.6 Å². The smallest absolute Gasteiger partial charge is 0.151 e. The van der Waals surface area contributed by atoms with Crippen molar-refractivity contribution in [1.82, 2.24) is 0 Å². The number of hydrogen-bond acceptors (Lipinski definition) is 0. The lowest BCUT2D eigenvalue weighted by atomic mass is 9.98. The van der Waals surface area contributed by atoms with Gasteiger partial charge in [0.2, 0.25) is 16.9 Å². The molecule has 4 aromatic carbocycles. The van der Waals surface area contributed by atoms with Crippen LogP contribution in [0, 0.1) is 0 Å². The van der Waals surface area contributed by atoms with E-state index in [4.69, 9.17) is 0 Å². The van der Waals surface area contributed by atoms with Crippen LogP contribution in [-0.4, -0.2) is 0 Å². The van der Waals surface area contributed by atoms with Crippen molar-refractivity contribution in [2.45, 2.75) is 0 Å². The molecule has 0 saturated carbocycles. The Hall–Kier alpha value is -3.45. The minimum Gasteiger partial charge on any atom is -0.151 e. The summed E-state index contributed by atoms with van der Waals surface area (Å²) in [6.07, 6.45) is 0. The number of nitrogens with zero attached hydrogens (tertiary/aromatic N) is 1. The average Bonchev–Trinajstić information content (AvgIpc) is 3.05. The van der Waals surface area contributed by atoms with Gasteiger partial charge in [0.25, 0.3) is 0 Å². The summed E-state index contributed by atoms with van der Waals surface area (Å²) in [6, 6.07) is 34.9. The third kappa shape index (κ3) is 1.67. The lowest BCUT2D eigenvalue weighted by Crippen LogP contribution is -2.32. The Kier molecular flexibility index (Phi) is 2.67. The molecule has 0 atom stereocenters. The second-order valence-electron chi connectivity index (χ2n) is 6.81.